The van der Waals surface area contributed by atoms with Gasteiger partial charge in [0.05, 0.1) is 12.1 Å². The molecule has 0 spiro atoms. The van der Waals surface area contributed by atoms with E-state index in [2.05, 4.69) is 16.8 Å². The Hall–Kier alpha value is -1.14. The molecule has 6 heteroatoms. The van der Waals surface area contributed by atoms with E-state index in [1.165, 1.54) is 37.3 Å². The molecule has 122 valence electrons. The van der Waals surface area contributed by atoms with Crippen molar-refractivity contribution in [2.24, 2.45) is 5.92 Å². The number of carbonyl (C=O) groups excluding carboxylic acids is 1. The molecule has 2 N–H and O–H groups in total. The van der Waals surface area contributed by atoms with Gasteiger partial charge in [-0.05, 0) is 38.1 Å². The van der Waals surface area contributed by atoms with Crippen LogP contribution in [-0.4, -0.2) is 52.9 Å². The van der Waals surface area contributed by atoms with E-state index >= 15 is 0 Å². The molecule has 2 aliphatic heterocycles. The van der Waals surface area contributed by atoms with Gasteiger partial charge >= 0.3 is 0 Å². The smallest absolute Gasteiger partial charge is 0.228 e. The molecule has 5 nitrogen and oxygen atoms in total. The van der Waals surface area contributed by atoms with Crippen molar-refractivity contribution < 1.29 is 4.79 Å². The zero-order valence-electron chi connectivity index (χ0n) is 13.3. The molecule has 1 aromatic heterocycles. The number of amides is 1. The average Bonchev–Trinajstić information content (AvgIpc) is 2.92. The largest absolute Gasteiger partial charge is 0.375 e. The van der Waals surface area contributed by atoms with Gasteiger partial charge in [0.25, 0.3) is 0 Å². The highest BCUT2D eigenvalue weighted by Gasteiger charge is 2.29. The summed E-state index contributed by atoms with van der Waals surface area (Å²) in [6.45, 7) is 6.59. The minimum Gasteiger partial charge on any atom is -0.375 e. The monoisotopic (exact) mass is 322 g/mol. The lowest BCUT2D eigenvalue weighted by Crippen LogP contribution is -2.49. The molecule has 1 amide bonds. The third-order valence-corrected chi connectivity index (χ3v) is 5.65. The number of anilines is 1. The maximum Gasteiger partial charge on any atom is 0.228 e. The maximum atomic E-state index is 12.3. The van der Waals surface area contributed by atoms with Crippen molar-refractivity contribution in [1.29, 1.82) is 0 Å². The van der Waals surface area contributed by atoms with Crippen LogP contribution in [0.1, 0.15) is 38.3 Å². The van der Waals surface area contributed by atoms with E-state index in [0.717, 1.165) is 37.5 Å². The minimum absolute atomic E-state index is 0.191. The number of nitrogens with zero attached hydrogens (tertiary/aromatic N) is 3. The number of piperidine rings is 2. The lowest BCUT2D eigenvalue weighted by Gasteiger charge is -2.41. The normalized spacial score (nSPS) is 24.6. The predicted octanol–water partition coefficient (Wildman–Crippen LogP) is 1.99. The van der Waals surface area contributed by atoms with Crippen LogP contribution < -0.4 is 5.73 Å². The summed E-state index contributed by atoms with van der Waals surface area (Å²) >= 11 is 1.40. The van der Waals surface area contributed by atoms with Crippen molar-refractivity contribution in [3.05, 3.63) is 11.1 Å². The lowest BCUT2D eigenvalue weighted by atomic mass is 9.95. The fraction of sp³-hybridized carbons (Fsp3) is 0.750. The number of rotatable bonds is 3. The number of likely N-dealkylation sites (tertiary alicyclic amines) is 2. The van der Waals surface area contributed by atoms with Gasteiger partial charge in [-0.25, -0.2) is 4.98 Å². The zero-order chi connectivity index (χ0) is 15.5. The van der Waals surface area contributed by atoms with Crippen LogP contribution in [0.15, 0.2) is 5.38 Å². The van der Waals surface area contributed by atoms with Crippen molar-refractivity contribution in [3.8, 4) is 0 Å². The van der Waals surface area contributed by atoms with Crippen molar-refractivity contribution in [2.45, 2.75) is 45.1 Å². The Morgan fingerprint density at radius 3 is 2.77 bits per heavy atom. The molecule has 2 saturated heterocycles. The van der Waals surface area contributed by atoms with Crippen LogP contribution in [0.25, 0.3) is 0 Å². The molecule has 0 aromatic carbocycles. The van der Waals surface area contributed by atoms with Crippen molar-refractivity contribution in [3.63, 3.8) is 0 Å². The predicted molar refractivity (Wildman–Crippen MR) is 89.8 cm³/mol. The van der Waals surface area contributed by atoms with E-state index in [1.54, 1.807) is 0 Å². The molecule has 1 unspecified atom stereocenters. The van der Waals surface area contributed by atoms with E-state index in [1.807, 2.05) is 10.3 Å². The van der Waals surface area contributed by atoms with Crippen molar-refractivity contribution >= 4 is 22.4 Å². The highest BCUT2D eigenvalue weighted by atomic mass is 32.1. The Bertz CT molecular complexity index is 510. The summed E-state index contributed by atoms with van der Waals surface area (Å²) in [4.78, 5) is 21.2. The second-order valence-electron chi connectivity index (χ2n) is 6.71. The molecule has 0 radical (unpaired) electrons. The molecule has 2 aliphatic rings. The molecule has 3 heterocycles. The van der Waals surface area contributed by atoms with Gasteiger partial charge < -0.3 is 10.6 Å². The number of hydrogen-bond donors (Lipinski definition) is 1. The third kappa shape index (κ3) is 3.79. The van der Waals surface area contributed by atoms with Gasteiger partial charge in [-0.1, -0.05) is 6.92 Å². The van der Waals surface area contributed by atoms with Crippen molar-refractivity contribution in [1.82, 2.24) is 14.8 Å². The van der Waals surface area contributed by atoms with Crippen LogP contribution in [0.2, 0.25) is 0 Å². The Labute approximate surface area is 136 Å². The molecule has 1 aromatic rings. The van der Waals surface area contributed by atoms with Gasteiger partial charge in [-0.3, -0.25) is 9.69 Å². The summed E-state index contributed by atoms with van der Waals surface area (Å²) in [6, 6.07) is 0.668. The van der Waals surface area contributed by atoms with Gasteiger partial charge in [0.2, 0.25) is 5.91 Å². The molecular weight excluding hydrogens is 296 g/mol. The van der Waals surface area contributed by atoms with Crippen LogP contribution in [0.3, 0.4) is 0 Å². The molecule has 2 fully saturated rings. The Balaban J connectivity index is 1.47. The standard InChI is InChI=1S/C16H26N4OS/c1-12-3-2-6-20(10-12)14-4-7-19(8-5-14)15(21)9-13-11-22-16(17)18-13/h11-12,14H,2-10H2,1H3,(H2,17,18). The Morgan fingerprint density at radius 2 is 2.14 bits per heavy atom. The molecule has 3 rings (SSSR count). The quantitative estimate of drug-likeness (QED) is 0.924. The molecule has 0 bridgehead atoms. The van der Waals surface area contributed by atoms with Gasteiger partial charge in [-0.15, -0.1) is 11.3 Å². The van der Waals surface area contributed by atoms with E-state index < -0.39 is 0 Å². The summed E-state index contributed by atoms with van der Waals surface area (Å²) in [5.41, 5.74) is 6.43. The van der Waals surface area contributed by atoms with Crippen LogP contribution >= 0.6 is 11.3 Å². The lowest BCUT2D eigenvalue weighted by molar-refractivity contribution is -0.132. The summed E-state index contributed by atoms with van der Waals surface area (Å²) in [5, 5.41) is 2.43. The summed E-state index contributed by atoms with van der Waals surface area (Å²) in [6.07, 6.45) is 5.30. The molecule has 0 aliphatic carbocycles. The van der Waals surface area contributed by atoms with Gasteiger partial charge in [0.1, 0.15) is 0 Å². The first-order valence-corrected chi connectivity index (χ1v) is 9.21. The van der Waals surface area contributed by atoms with Crippen LogP contribution in [-0.2, 0) is 11.2 Å². The van der Waals surface area contributed by atoms with Crippen molar-refractivity contribution in [2.75, 3.05) is 31.9 Å². The Morgan fingerprint density at radius 1 is 1.36 bits per heavy atom. The van der Waals surface area contributed by atoms with Crippen LogP contribution in [0.4, 0.5) is 5.13 Å². The SMILES string of the molecule is CC1CCCN(C2CCN(C(=O)Cc3csc(N)n3)CC2)C1. The number of nitrogen functional groups attached to an aromatic ring is 1. The topological polar surface area (TPSA) is 62.5 Å². The van der Waals surface area contributed by atoms with Gasteiger partial charge in [-0.2, -0.15) is 0 Å². The number of carbonyl (C=O) groups is 1. The fourth-order valence-electron chi connectivity index (χ4n) is 3.71. The first-order valence-electron chi connectivity index (χ1n) is 8.33. The highest BCUT2D eigenvalue weighted by molar-refractivity contribution is 7.13. The Kier molecular flexibility index (Phi) is 4.98. The number of hydrogen-bond acceptors (Lipinski definition) is 5. The molecule has 22 heavy (non-hydrogen) atoms. The highest BCUT2D eigenvalue weighted by Crippen LogP contribution is 2.24. The summed E-state index contributed by atoms with van der Waals surface area (Å²) in [7, 11) is 0. The second-order valence-corrected chi connectivity index (χ2v) is 7.60. The van der Waals surface area contributed by atoms with Crippen LogP contribution in [0.5, 0.6) is 0 Å². The number of thiazole rings is 1. The van der Waals surface area contributed by atoms with Gasteiger partial charge in [0.15, 0.2) is 5.13 Å². The fourth-order valence-corrected chi connectivity index (χ4v) is 4.27. The zero-order valence-corrected chi connectivity index (χ0v) is 14.1. The summed E-state index contributed by atoms with van der Waals surface area (Å²) < 4.78 is 0. The van der Waals surface area contributed by atoms with Crippen LogP contribution in [0, 0.1) is 5.92 Å². The third-order valence-electron chi connectivity index (χ3n) is 4.92. The van der Waals surface area contributed by atoms with Gasteiger partial charge in [0, 0.05) is 31.1 Å². The first kappa shape index (κ1) is 15.7. The van der Waals surface area contributed by atoms with E-state index in [0.29, 0.717) is 17.6 Å². The number of aromatic nitrogens is 1. The first-order chi connectivity index (χ1) is 10.6. The summed E-state index contributed by atoms with van der Waals surface area (Å²) in [5.74, 6) is 1.01. The maximum absolute atomic E-state index is 12.3. The minimum atomic E-state index is 0.191. The average molecular weight is 322 g/mol. The van der Waals surface area contributed by atoms with E-state index in [9.17, 15) is 4.79 Å². The van der Waals surface area contributed by atoms with E-state index in [4.69, 9.17) is 5.73 Å². The number of nitrogens with two attached hydrogens (primary N) is 1. The molecular formula is C16H26N4OS. The molecule has 0 saturated carbocycles. The van der Waals surface area contributed by atoms with E-state index in [-0.39, 0.29) is 5.91 Å². The second kappa shape index (κ2) is 6.96. The molecule has 1 atom stereocenters.